The van der Waals surface area contributed by atoms with Crippen molar-refractivity contribution in [3.05, 3.63) is 93.8 Å². The van der Waals surface area contributed by atoms with Gasteiger partial charge in [0.25, 0.3) is 11.8 Å². The predicted octanol–water partition coefficient (Wildman–Crippen LogP) is 5.19. The zero-order valence-electron chi connectivity index (χ0n) is 24.0. The maximum Gasteiger partial charge on any atom is 0.396 e. The Morgan fingerprint density at radius 2 is 1.98 bits per heavy atom. The third kappa shape index (κ3) is 6.81. The first-order valence-electron chi connectivity index (χ1n) is 14.2. The van der Waals surface area contributed by atoms with E-state index in [9.17, 15) is 31.5 Å². The summed E-state index contributed by atoms with van der Waals surface area (Å²) in [6.07, 6.45) is 5.16. The smallest absolute Gasteiger partial charge is 0.370 e. The van der Waals surface area contributed by atoms with Gasteiger partial charge in [0, 0.05) is 17.8 Å². The molecule has 3 aliphatic rings. The van der Waals surface area contributed by atoms with E-state index in [0.29, 0.717) is 25.0 Å². The maximum atomic E-state index is 13.7. The van der Waals surface area contributed by atoms with Gasteiger partial charge in [-0.15, -0.1) is 0 Å². The highest BCUT2D eigenvalue weighted by molar-refractivity contribution is 6.21. The van der Waals surface area contributed by atoms with Crippen molar-refractivity contribution in [3.8, 4) is 0 Å². The quantitative estimate of drug-likeness (QED) is 0.243. The van der Waals surface area contributed by atoms with E-state index in [1.807, 2.05) is 13.0 Å². The fourth-order valence-corrected chi connectivity index (χ4v) is 5.38. The van der Waals surface area contributed by atoms with E-state index < -0.39 is 42.2 Å². The van der Waals surface area contributed by atoms with E-state index in [0.717, 1.165) is 47.2 Å². The Labute approximate surface area is 250 Å². The van der Waals surface area contributed by atoms with Crippen LogP contribution in [0.15, 0.2) is 75.9 Å². The number of aliphatic imine (C=N–C) groups is 1. The van der Waals surface area contributed by atoms with E-state index >= 15 is 0 Å². The van der Waals surface area contributed by atoms with Crippen LogP contribution in [-0.4, -0.2) is 46.9 Å². The largest absolute Gasteiger partial charge is 0.396 e. The van der Waals surface area contributed by atoms with Crippen LogP contribution in [0.2, 0.25) is 0 Å². The number of H-pyrrole nitrogens is 1. The van der Waals surface area contributed by atoms with Crippen LogP contribution < -0.4 is 16.0 Å². The molecule has 4 N–H and O–H groups in total. The molecule has 0 saturated carbocycles. The maximum absolute atomic E-state index is 13.7. The standard InChI is InChI=1S/C31H31F5N6O2/c1-16(18-3-5-22-23(12-21-14-37-15-40-21)29(43)42-27(22)10-18)7-8-38-28-24(11-20(13-39-28)31(34,35)36)30(44)41-17(2)19-4-6-25(32)26(33)9-19/h4,6,9-12,14-17,20H,3,5,7-8,13H2,1-2H3,(H,37,40)(H,38,39)(H,41,44)(H,42,43)/b23-12-/t16?,17-,20?/m0/s1. The summed E-state index contributed by atoms with van der Waals surface area (Å²) >= 11 is 0. The number of allylic oxidation sites excluding steroid dienone is 2. The summed E-state index contributed by atoms with van der Waals surface area (Å²) in [6, 6.07) is 2.32. The van der Waals surface area contributed by atoms with Gasteiger partial charge in [-0.3, -0.25) is 14.6 Å². The minimum absolute atomic E-state index is 0.0342. The van der Waals surface area contributed by atoms with Crippen molar-refractivity contribution < 1.29 is 31.5 Å². The number of dihydropyridines is 1. The lowest BCUT2D eigenvalue weighted by molar-refractivity contribution is -0.158. The van der Waals surface area contributed by atoms with E-state index in [2.05, 4.69) is 30.9 Å². The minimum Gasteiger partial charge on any atom is -0.370 e. The van der Waals surface area contributed by atoms with E-state index in [-0.39, 0.29) is 28.8 Å². The number of imidazole rings is 1. The van der Waals surface area contributed by atoms with Crippen LogP contribution in [0.1, 0.15) is 50.4 Å². The first kappa shape index (κ1) is 30.9. The van der Waals surface area contributed by atoms with Crippen molar-refractivity contribution in [2.75, 3.05) is 13.1 Å². The molecular weight excluding hydrogens is 583 g/mol. The molecule has 232 valence electrons. The number of amides is 2. The van der Waals surface area contributed by atoms with Crippen LogP contribution in [0.3, 0.4) is 0 Å². The molecule has 3 heterocycles. The van der Waals surface area contributed by atoms with Crippen LogP contribution in [-0.2, 0) is 9.59 Å². The SMILES string of the molecule is CC(CCNC1=NCC(C(F)(F)F)C=C1C(=O)N[C@@H](C)c1ccc(F)c(F)c1)C1=CC2=C(CC1)/C(=C/c1cnc[nH]1)C(=O)N2. The van der Waals surface area contributed by atoms with Crippen molar-refractivity contribution in [2.24, 2.45) is 16.8 Å². The van der Waals surface area contributed by atoms with Gasteiger partial charge in [0.05, 0.1) is 42.3 Å². The number of aromatic amines is 1. The Hall–Kier alpha value is -4.55. The molecule has 0 saturated heterocycles. The molecule has 5 rings (SSSR count). The lowest BCUT2D eigenvalue weighted by atomic mass is 9.86. The summed E-state index contributed by atoms with van der Waals surface area (Å²) in [5, 5.41) is 8.51. The molecule has 2 unspecified atom stereocenters. The lowest BCUT2D eigenvalue weighted by Crippen LogP contribution is -2.41. The molecule has 3 atom stereocenters. The summed E-state index contributed by atoms with van der Waals surface area (Å²) in [5.41, 5.74) is 4.12. The fraction of sp³-hybridized carbons (Fsp3) is 0.355. The van der Waals surface area contributed by atoms with Crippen LogP contribution in [0, 0.1) is 23.5 Å². The van der Waals surface area contributed by atoms with E-state index in [1.54, 1.807) is 18.6 Å². The topological polar surface area (TPSA) is 111 Å². The number of hydrogen-bond donors (Lipinski definition) is 4. The Morgan fingerprint density at radius 3 is 2.68 bits per heavy atom. The van der Waals surface area contributed by atoms with Crippen molar-refractivity contribution >= 4 is 23.7 Å². The molecule has 2 amide bonds. The number of carbonyl (C=O) groups is 2. The molecule has 1 aromatic carbocycles. The van der Waals surface area contributed by atoms with Crippen molar-refractivity contribution in [1.29, 1.82) is 0 Å². The highest BCUT2D eigenvalue weighted by Crippen LogP contribution is 2.36. The van der Waals surface area contributed by atoms with Gasteiger partial charge in [0.1, 0.15) is 5.84 Å². The van der Waals surface area contributed by atoms with Crippen molar-refractivity contribution in [1.82, 2.24) is 25.9 Å². The van der Waals surface area contributed by atoms with Gasteiger partial charge in [0.15, 0.2) is 11.6 Å². The number of carbonyl (C=O) groups excluding carboxylic acids is 2. The fourth-order valence-electron chi connectivity index (χ4n) is 5.38. The average Bonchev–Trinajstić information content (AvgIpc) is 3.61. The number of nitrogens with zero attached hydrogens (tertiary/aromatic N) is 2. The molecule has 2 aliphatic heterocycles. The predicted molar refractivity (Wildman–Crippen MR) is 154 cm³/mol. The van der Waals surface area contributed by atoms with Gasteiger partial charge in [-0.25, -0.2) is 13.8 Å². The average molecular weight is 615 g/mol. The Bertz CT molecular complexity index is 1600. The molecule has 13 heteroatoms. The number of rotatable bonds is 8. The van der Waals surface area contributed by atoms with E-state index in [1.165, 1.54) is 13.0 Å². The number of halogens is 5. The monoisotopic (exact) mass is 614 g/mol. The highest BCUT2D eigenvalue weighted by atomic mass is 19.4. The number of benzene rings is 1. The first-order valence-corrected chi connectivity index (χ1v) is 14.2. The van der Waals surface area contributed by atoms with Gasteiger partial charge >= 0.3 is 6.18 Å². The van der Waals surface area contributed by atoms with Crippen LogP contribution in [0.4, 0.5) is 22.0 Å². The molecular formula is C31H31F5N6O2. The summed E-state index contributed by atoms with van der Waals surface area (Å²) in [4.78, 5) is 36.7. The number of nitrogens with one attached hydrogen (secondary N) is 4. The van der Waals surface area contributed by atoms with Gasteiger partial charge in [-0.1, -0.05) is 24.6 Å². The molecule has 0 bridgehead atoms. The first-order chi connectivity index (χ1) is 20.9. The Morgan fingerprint density at radius 1 is 1.18 bits per heavy atom. The van der Waals surface area contributed by atoms with Gasteiger partial charge in [-0.2, -0.15) is 13.2 Å². The van der Waals surface area contributed by atoms with E-state index in [4.69, 9.17) is 0 Å². The van der Waals surface area contributed by atoms with Gasteiger partial charge < -0.3 is 20.9 Å². The number of amidine groups is 1. The summed E-state index contributed by atoms with van der Waals surface area (Å²) in [7, 11) is 0. The normalized spacial score (nSPS) is 20.8. The summed E-state index contributed by atoms with van der Waals surface area (Å²) < 4.78 is 67.6. The van der Waals surface area contributed by atoms with Crippen LogP contribution >= 0.6 is 0 Å². The molecule has 8 nitrogen and oxygen atoms in total. The van der Waals surface area contributed by atoms with Crippen LogP contribution in [0.25, 0.3) is 6.08 Å². The second-order valence-corrected chi connectivity index (χ2v) is 11.0. The Kier molecular flexibility index (Phi) is 8.84. The number of alkyl halides is 3. The Balaban J connectivity index is 1.24. The zero-order chi connectivity index (χ0) is 31.6. The van der Waals surface area contributed by atoms with Crippen molar-refractivity contribution in [2.45, 2.75) is 45.3 Å². The number of aromatic nitrogens is 2. The van der Waals surface area contributed by atoms with Gasteiger partial charge in [-0.05, 0) is 67.5 Å². The highest BCUT2D eigenvalue weighted by Gasteiger charge is 2.41. The minimum atomic E-state index is -4.59. The molecule has 1 aromatic heterocycles. The summed E-state index contributed by atoms with van der Waals surface area (Å²) in [6.45, 7) is 3.29. The van der Waals surface area contributed by atoms with Crippen LogP contribution in [0.5, 0.6) is 0 Å². The second kappa shape index (κ2) is 12.6. The molecule has 0 spiro atoms. The molecule has 0 radical (unpaired) electrons. The molecule has 44 heavy (non-hydrogen) atoms. The van der Waals surface area contributed by atoms with Gasteiger partial charge in [0.2, 0.25) is 0 Å². The van der Waals surface area contributed by atoms with Crippen molar-refractivity contribution in [3.63, 3.8) is 0 Å². The molecule has 1 aliphatic carbocycles. The third-order valence-corrected chi connectivity index (χ3v) is 7.98. The summed E-state index contributed by atoms with van der Waals surface area (Å²) in [5.74, 6) is -4.99. The molecule has 2 aromatic rings. The zero-order valence-corrected chi connectivity index (χ0v) is 24.0. The molecule has 0 fully saturated rings. The number of hydrogen-bond acceptors (Lipinski definition) is 5. The third-order valence-electron chi connectivity index (χ3n) is 7.98. The lowest BCUT2D eigenvalue weighted by Gasteiger charge is -2.25. The second-order valence-electron chi connectivity index (χ2n) is 11.0.